The molecule has 8 heteroatoms. The molecule has 0 bridgehead atoms. The number of hydrogen-bond acceptors (Lipinski definition) is 7. The van der Waals surface area contributed by atoms with Crippen molar-refractivity contribution in [1.29, 1.82) is 0 Å². The van der Waals surface area contributed by atoms with Crippen LogP contribution >= 0.6 is 11.3 Å². The molecule has 1 fully saturated rings. The van der Waals surface area contributed by atoms with E-state index in [9.17, 15) is 9.59 Å². The average Bonchev–Trinajstić information content (AvgIpc) is 3.05. The smallest absolute Gasteiger partial charge is 0.238 e. The number of hydrogen-bond donors (Lipinski definition) is 3. The van der Waals surface area contributed by atoms with E-state index in [1.807, 2.05) is 0 Å². The van der Waals surface area contributed by atoms with Gasteiger partial charge in [0, 0.05) is 12.3 Å². The van der Waals surface area contributed by atoms with Crippen LogP contribution in [0.3, 0.4) is 0 Å². The number of aromatic nitrogens is 2. The Morgan fingerprint density at radius 2 is 2.14 bits per heavy atom. The fraction of sp³-hybridized carbons (Fsp3) is 0.571. The Kier molecular flexibility index (Phi) is 5.48. The monoisotopic (exact) mass is 323 g/mol. The molecule has 2 atom stereocenters. The van der Waals surface area contributed by atoms with Crippen molar-refractivity contribution < 1.29 is 9.59 Å². The average molecular weight is 323 g/mol. The van der Waals surface area contributed by atoms with Crippen LogP contribution in [0.2, 0.25) is 0 Å². The third-order valence-electron chi connectivity index (χ3n) is 3.61. The Morgan fingerprint density at radius 3 is 2.82 bits per heavy atom. The van der Waals surface area contributed by atoms with Crippen LogP contribution in [0.25, 0.3) is 0 Å². The van der Waals surface area contributed by atoms with Gasteiger partial charge in [-0.25, -0.2) is 0 Å². The van der Waals surface area contributed by atoms with Gasteiger partial charge >= 0.3 is 0 Å². The lowest BCUT2D eigenvalue weighted by Gasteiger charge is -2.11. The number of rotatable bonds is 7. The van der Waals surface area contributed by atoms with Crippen LogP contribution in [0.4, 0.5) is 0 Å². The predicted molar refractivity (Wildman–Crippen MR) is 83.6 cm³/mol. The van der Waals surface area contributed by atoms with Gasteiger partial charge in [-0.05, 0) is 32.1 Å². The second kappa shape index (κ2) is 7.35. The van der Waals surface area contributed by atoms with E-state index in [-0.39, 0.29) is 17.5 Å². The lowest BCUT2D eigenvalue weighted by atomic mass is 10.0. The Bertz CT molecular complexity index is 571. The molecule has 0 saturated heterocycles. The van der Waals surface area contributed by atoms with Crippen LogP contribution < -0.4 is 16.6 Å². The van der Waals surface area contributed by atoms with E-state index in [0.717, 1.165) is 29.3 Å². The molecule has 22 heavy (non-hydrogen) atoms. The fourth-order valence-electron chi connectivity index (χ4n) is 2.66. The summed E-state index contributed by atoms with van der Waals surface area (Å²) in [7, 11) is 0. The summed E-state index contributed by atoms with van der Waals surface area (Å²) in [6.07, 6.45) is 3.72. The van der Waals surface area contributed by atoms with Gasteiger partial charge in [0.05, 0.1) is 6.42 Å². The van der Waals surface area contributed by atoms with E-state index >= 15 is 0 Å². The predicted octanol–water partition coefficient (Wildman–Crippen LogP) is 0.994. The number of nitrogens with one attached hydrogen (secondary N) is 2. The Balaban J connectivity index is 1.82. The van der Waals surface area contributed by atoms with Gasteiger partial charge in [-0.15, -0.1) is 21.5 Å². The first-order valence-electron chi connectivity index (χ1n) is 7.25. The molecule has 0 aliphatic heterocycles. The highest BCUT2D eigenvalue weighted by Gasteiger charge is 2.29. The van der Waals surface area contributed by atoms with Crippen molar-refractivity contribution in [2.75, 3.05) is 0 Å². The molecule has 1 aliphatic carbocycles. The summed E-state index contributed by atoms with van der Waals surface area (Å²) in [6, 6.07) is 0. The van der Waals surface area contributed by atoms with E-state index < -0.39 is 0 Å². The van der Waals surface area contributed by atoms with Gasteiger partial charge in [0.1, 0.15) is 21.6 Å². The number of carbonyl (C=O) groups is 2. The third kappa shape index (κ3) is 4.80. The fourth-order valence-corrected chi connectivity index (χ4v) is 3.72. The van der Waals surface area contributed by atoms with E-state index in [0.29, 0.717) is 24.7 Å². The minimum Gasteiger partial charge on any atom is -0.385 e. The Labute approximate surface area is 133 Å². The third-order valence-corrected chi connectivity index (χ3v) is 4.70. The normalized spacial score (nSPS) is 20.6. The summed E-state index contributed by atoms with van der Waals surface area (Å²) in [4.78, 5) is 22.8. The molecule has 1 aromatic heterocycles. The molecule has 1 amide bonds. The minimum atomic E-state index is -0.0909. The van der Waals surface area contributed by atoms with Crippen molar-refractivity contribution in [2.24, 2.45) is 11.7 Å². The molecule has 120 valence electrons. The molecule has 0 radical (unpaired) electrons. The topological polar surface area (TPSA) is 110 Å². The molecule has 2 rings (SSSR count). The van der Waals surface area contributed by atoms with Crippen molar-refractivity contribution >= 4 is 23.0 Å². The molecule has 1 aliphatic rings. The minimum absolute atomic E-state index is 0.0909. The van der Waals surface area contributed by atoms with E-state index in [4.69, 9.17) is 5.73 Å². The number of carbonyl (C=O) groups excluding carboxylic acids is 2. The molecule has 1 saturated carbocycles. The molecule has 1 aromatic rings. The first-order chi connectivity index (χ1) is 10.4. The highest BCUT2D eigenvalue weighted by atomic mass is 32.1. The maximum Gasteiger partial charge on any atom is 0.238 e. The summed E-state index contributed by atoms with van der Waals surface area (Å²) < 4.78 is 0. The second-order valence-corrected chi connectivity index (χ2v) is 6.79. The molecule has 0 unspecified atom stereocenters. The van der Waals surface area contributed by atoms with Gasteiger partial charge in [0.2, 0.25) is 5.91 Å². The molecular formula is C14H21N5O2S. The van der Waals surface area contributed by atoms with Crippen LogP contribution in [-0.4, -0.2) is 21.9 Å². The Morgan fingerprint density at radius 1 is 1.36 bits per heavy atom. The lowest BCUT2D eigenvalue weighted by molar-refractivity contribution is -0.122. The standard InChI is InChI=1S/C14H21N5O2S/c1-8(20)5-13-18-19-14(22-13)11-4-3-10(6-11)7-12(21)17-16-9(2)15/h10-11,16H,2-7,15H2,1H3,(H,17,21)/t10-,11+/m1/s1. The van der Waals surface area contributed by atoms with Crippen LogP contribution in [0, 0.1) is 5.92 Å². The number of amides is 1. The van der Waals surface area contributed by atoms with Crippen LogP contribution in [0.15, 0.2) is 12.4 Å². The van der Waals surface area contributed by atoms with Gasteiger partial charge in [0.15, 0.2) is 0 Å². The van der Waals surface area contributed by atoms with E-state index in [1.165, 1.54) is 11.3 Å². The summed E-state index contributed by atoms with van der Waals surface area (Å²) >= 11 is 1.51. The van der Waals surface area contributed by atoms with Crippen LogP contribution in [0.1, 0.15) is 48.5 Å². The molecule has 4 N–H and O–H groups in total. The molecule has 0 spiro atoms. The highest BCUT2D eigenvalue weighted by molar-refractivity contribution is 7.11. The summed E-state index contributed by atoms with van der Waals surface area (Å²) in [6.45, 7) is 5.00. The zero-order chi connectivity index (χ0) is 16.1. The van der Waals surface area contributed by atoms with E-state index in [2.05, 4.69) is 27.6 Å². The van der Waals surface area contributed by atoms with Crippen molar-refractivity contribution in [2.45, 2.75) is 44.9 Å². The molecule has 0 aromatic carbocycles. The number of nitrogens with two attached hydrogens (primary N) is 1. The summed E-state index contributed by atoms with van der Waals surface area (Å²) in [5.41, 5.74) is 10.4. The highest BCUT2D eigenvalue weighted by Crippen LogP contribution is 2.40. The zero-order valence-corrected chi connectivity index (χ0v) is 13.4. The first kappa shape index (κ1) is 16.4. The number of hydrazine groups is 1. The second-order valence-electron chi connectivity index (χ2n) is 5.69. The van der Waals surface area contributed by atoms with Crippen LogP contribution in [0.5, 0.6) is 0 Å². The SMILES string of the molecule is C=C(N)NNC(=O)C[C@@H]1CC[C@H](c2nnc(CC(C)=O)s2)C1. The number of Topliss-reactive ketones (excluding diaryl/α,β-unsaturated/α-hetero) is 1. The summed E-state index contributed by atoms with van der Waals surface area (Å²) in [5.74, 6) is 0.889. The number of nitrogens with zero attached hydrogens (tertiary/aromatic N) is 2. The van der Waals surface area contributed by atoms with Gasteiger partial charge in [-0.1, -0.05) is 6.58 Å². The molecule has 1 heterocycles. The van der Waals surface area contributed by atoms with Crippen molar-refractivity contribution in [3.63, 3.8) is 0 Å². The Hall–Kier alpha value is -1.96. The van der Waals surface area contributed by atoms with Crippen LogP contribution in [-0.2, 0) is 16.0 Å². The zero-order valence-electron chi connectivity index (χ0n) is 12.6. The van der Waals surface area contributed by atoms with E-state index in [1.54, 1.807) is 6.92 Å². The number of ketones is 1. The largest absolute Gasteiger partial charge is 0.385 e. The summed E-state index contributed by atoms with van der Waals surface area (Å²) in [5, 5.41) is 10.0. The molecule has 7 nitrogen and oxygen atoms in total. The molecular weight excluding hydrogens is 302 g/mol. The lowest BCUT2D eigenvalue weighted by Crippen LogP contribution is -2.39. The maximum atomic E-state index is 11.7. The van der Waals surface area contributed by atoms with Gasteiger partial charge in [0.25, 0.3) is 0 Å². The van der Waals surface area contributed by atoms with Gasteiger partial charge < -0.3 is 5.73 Å². The maximum absolute atomic E-state index is 11.7. The van der Waals surface area contributed by atoms with Gasteiger partial charge in [-0.2, -0.15) is 0 Å². The first-order valence-corrected chi connectivity index (χ1v) is 8.06. The quantitative estimate of drug-likeness (QED) is 0.646. The van der Waals surface area contributed by atoms with Gasteiger partial charge in [-0.3, -0.25) is 20.4 Å². The van der Waals surface area contributed by atoms with Crippen molar-refractivity contribution in [1.82, 2.24) is 21.0 Å². The van der Waals surface area contributed by atoms with Crippen molar-refractivity contribution in [3.05, 3.63) is 22.4 Å². The van der Waals surface area contributed by atoms with Crippen molar-refractivity contribution in [3.8, 4) is 0 Å².